The first kappa shape index (κ1) is 21.2. The van der Waals surface area contributed by atoms with Crippen molar-refractivity contribution >= 4 is 5.91 Å². The van der Waals surface area contributed by atoms with Crippen LogP contribution in [0.15, 0.2) is 79.1 Å². The predicted molar refractivity (Wildman–Crippen MR) is 135 cm³/mol. The molecule has 7 nitrogen and oxygen atoms in total. The fraction of sp³-hybridized carbons (Fsp3) is 0.179. The molecule has 0 bridgehead atoms. The topological polar surface area (TPSA) is 60.9 Å². The highest BCUT2D eigenvalue weighted by molar-refractivity contribution is 5.94. The Balaban J connectivity index is 1.36. The molecule has 0 fully saturated rings. The normalized spacial score (nSPS) is 12.8. The van der Waals surface area contributed by atoms with Gasteiger partial charge in [-0.2, -0.15) is 10.2 Å². The molecule has 0 radical (unpaired) electrons. The lowest BCUT2D eigenvalue weighted by Gasteiger charge is -2.18. The van der Waals surface area contributed by atoms with E-state index < -0.39 is 0 Å². The summed E-state index contributed by atoms with van der Waals surface area (Å²) >= 11 is 0. The Hall–Kier alpha value is -4.39. The summed E-state index contributed by atoms with van der Waals surface area (Å²) in [6.07, 6.45) is 4.05. The Labute approximate surface area is 203 Å². The molecule has 35 heavy (non-hydrogen) atoms. The number of benzene rings is 2. The van der Waals surface area contributed by atoms with Gasteiger partial charge in [-0.1, -0.05) is 48.0 Å². The number of carbonyl (C=O) groups excluding carboxylic acids is 1. The number of amides is 1. The van der Waals surface area contributed by atoms with Gasteiger partial charge in [0.05, 0.1) is 30.2 Å². The Morgan fingerprint density at radius 2 is 1.66 bits per heavy atom. The van der Waals surface area contributed by atoms with Gasteiger partial charge in [-0.15, -0.1) is 0 Å². The summed E-state index contributed by atoms with van der Waals surface area (Å²) in [6.45, 7) is 5.17. The van der Waals surface area contributed by atoms with Crippen LogP contribution in [0.4, 0.5) is 0 Å². The van der Waals surface area contributed by atoms with E-state index in [4.69, 9.17) is 5.10 Å². The standard InChI is InChI=1S/C28H26N6O/c1-19-11-12-25(20(2)15-19)34-27(32-13-7-8-14-32)22-17-33(18-24(22)30-34)28(35)26-16-23(29-31(26)3)21-9-5-4-6-10-21/h4-16H,17-18H2,1-3H3. The van der Waals surface area contributed by atoms with Gasteiger partial charge in [0.1, 0.15) is 11.5 Å². The van der Waals surface area contributed by atoms with Crippen molar-refractivity contribution in [3.05, 3.63) is 107 Å². The molecular formula is C28H26N6O. The second-order valence-electron chi connectivity index (χ2n) is 9.11. The molecule has 0 atom stereocenters. The molecule has 0 saturated heterocycles. The first-order valence-corrected chi connectivity index (χ1v) is 11.7. The Morgan fingerprint density at radius 3 is 2.40 bits per heavy atom. The molecule has 0 unspecified atom stereocenters. The van der Waals surface area contributed by atoms with Crippen LogP contribution in [0, 0.1) is 13.8 Å². The molecule has 0 saturated carbocycles. The fourth-order valence-electron chi connectivity index (χ4n) is 4.88. The molecular weight excluding hydrogens is 436 g/mol. The average molecular weight is 463 g/mol. The van der Waals surface area contributed by atoms with E-state index in [1.54, 1.807) is 4.68 Å². The molecule has 0 N–H and O–H groups in total. The summed E-state index contributed by atoms with van der Waals surface area (Å²) < 4.78 is 5.76. The SMILES string of the molecule is Cc1ccc(-n2nc3c(c2-n2cccc2)CN(C(=O)c2cc(-c4ccccc4)nn2C)C3)c(C)c1. The van der Waals surface area contributed by atoms with Crippen molar-refractivity contribution in [2.45, 2.75) is 26.9 Å². The van der Waals surface area contributed by atoms with Crippen molar-refractivity contribution in [2.24, 2.45) is 7.05 Å². The van der Waals surface area contributed by atoms with Gasteiger partial charge in [0.25, 0.3) is 5.91 Å². The molecule has 0 spiro atoms. The lowest BCUT2D eigenvalue weighted by atomic mass is 10.1. The molecule has 174 valence electrons. The summed E-state index contributed by atoms with van der Waals surface area (Å²) in [4.78, 5) is 15.4. The van der Waals surface area contributed by atoms with Crippen LogP contribution in [0.3, 0.4) is 0 Å². The number of fused-ring (bicyclic) bond motifs is 1. The first-order chi connectivity index (χ1) is 17.0. The summed E-state index contributed by atoms with van der Waals surface area (Å²) in [5.74, 6) is 0.930. The van der Waals surface area contributed by atoms with E-state index in [0.29, 0.717) is 18.8 Å². The summed E-state index contributed by atoms with van der Waals surface area (Å²) in [6, 6.07) is 22.2. The van der Waals surface area contributed by atoms with E-state index in [-0.39, 0.29) is 5.91 Å². The van der Waals surface area contributed by atoms with Gasteiger partial charge < -0.3 is 9.47 Å². The van der Waals surface area contributed by atoms with E-state index in [0.717, 1.165) is 39.6 Å². The summed E-state index contributed by atoms with van der Waals surface area (Å²) in [5, 5.41) is 9.57. The number of aromatic nitrogens is 5. The highest BCUT2D eigenvalue weighted by atomic mass is 16.2. The number of nitrogens with zero attached hydrogens (tertiary/aromatic N) is 6. The zero-order valence-corrected chi connectivity index (χ0v) is 20.0. The molecule has 1 aliphatic heterocycles. The third kappa shape index (κ3) is 3.56. The van der Waals surface area contributed by atoms with E-state index in [1.165, 1.54) is 5.56 Å². The second-order valence-corrected chi connectivity index (χ2v) is 9.11. The van der Waals surface area contributed by atoms with Crippen LogP contribution < -0.4 is 0 Å². The third-order valence-electron chi connectivity index (χ3n) is 6.61. The van der Waals surface area contributed by atoms with Crippen LogP contribution >= 0.6 is 0 Å². The van der Waals surface area contributed by atoms with E-state index in [1.807, 2.05) is 77.6 Å². The fourth-order valence-corrected chi connectivity index (χ4v) is 4.88. The van der Waals surface area contributed by atoms with Gasteiger partial charge in [-0.3, -0.25) is 9.48 Å². The zero-order valence-electron chi connectivity index (χ0n) is 20.0. The van der Waals surface area contributed by atoms with Crippen LogP contribution in [0.5, 0.6) is 0 Å². The minimum Gasteiger partial charge on any atom is -0.327 e. The van der Waals surface area contributed by atoms with E-state index >= 15 is 0 Å². The zero-order chi connectivity index (χ0) is 24.1. The minimum atomic E-state index is -0.0447. The Bertz CT molecular complexity index is 1540. The maximum atomic E-state index is 13.5. The second kappa shape index (κ2) is 8.13. The van der Waals surface area contributed by atoms with Gasteiger partial charge in [-0.05, 0) is 43.7 Å². The Kier molecular flexibility index (Phi) is 4.91. The molecule has 7 heteroatoms. The number of aryl methyl sites for hydroxylation is 3. The monoisotopic (exact) mass is 462 g/mol. The van der Waals surface area contributed by atoms with Crippen LogP contribution in [0.25, 0.3) is 22.8 Å². The van der Waals surface area contributed by atoms with Crippen molar-refractivity contribution in [3.63, 3.8) is 0 Å². The average Bonchev–Trinajstić information content (AvgIpc) is 3.63. The van der Waals surface area contributed by atoms with Crippen molar-refractivity contribution in [1.29, 1.82) is 0 Å². The van der Waals surface area contributed by atoms with Crippen molar-refractivity contribution in [3.8, 4) is 22.8 Å². The summed E-state index contributed by atoms with van der Waals surface area (Å²) in [5.41, 5.74) is 7.78. The molecule has 1 amide bonds. The highest BCUT2D eigenvalue weighted by Crippen LogP contribution is 2.32. The third-order valence-corrected chi connectivity index (χ3v) is 6.61. The van der Waals surface area contributed by atoms with Crippen LogP contribution in [-0.2, 0) is 20.1 Å². The number of rotatable bonds is 4. The van der Waals surface area contributed by atoms with Gasteiger partial charge >= 0.3 is 0 Å². The van der Waals surface area contributed by atoms with Gasteiger partial charge in [0, 0.05) is 30.6 Å². The van der Waals surface area contributed by atoms with Crippen molar-refractivity contribution in [1.82, 2.24) is 29.0 Å². The molecule has 5 aromatic rings. The number of hydrogen-bond acceptors (Lipinski definition) is 3. The molecule has 1 aliphatic rings. The van der Waals surface area contributed by atoms with Crippen LogP contribution in [-0.4, -0.2) is 34.9 Å². The van der Waals surface area contributed by atoms with Crippen LogP contribution in [0.1, 0.15) is 32.9 Å². The van der Waals surface area contributed by atoms with E-state index in [9.17, 15) is 4.79 Å². The first-order valence-electron chi connectivity index (χ1n) is 11.7. The van der Waals surface area contributed by atoms with Crippen molar-refractivity contribution in [2.75, 3.05) is 0 Å². The largest absolute Gasteiger partial charge is 0.327 e. The lowest BCUT2D eigenvalue weighted by molar-refractivity contribution is 0.0738. The predicted octanol–water partition coefficient (Wildman–Crippen LogP) is 4.84. The smallest absolute Gasteiger partial charge is 0.272 e. The lowest BCUT2D eigenvalue weighted by Crippen LogP contribution is -2.28. The molecule has 3 aromatic heterocycles. The van der Waals surface area contributed by atoms with Crippen molar-refractivity contribution < 1.29 is 4.79 Å². The molecule has 0 aliphatic carbocycles. The van der Waals surface area contributed by atoms with E-state index in [2.05, 4.69) is 41.7 Å². The molecule has 6 rings (SSSR count). The maximum absolute atomic E-state index is 13.5. The molecule has 4 heterocycles. The molecule has 2 aromatic carbocycles. The van der Waals surface area contributed by atoms with Gasteiger partial charge in [0.15, 0.2) is 0 Å². The number of hydrogen-bond donors (Lipinski definition) is 0. The summed E-state index contributed by atoms with van der Waals surface area (Å²) in [7, 11) is 1.82. The van der Waals surface area contributed by atoms with Crippen LogP contribution in [0.2, 0.25) is 0 Å². The Morgan fingerprint density at radius 1 is 0.886 bits per heavy atom. The maximum Gasteiger partial charge on any atom is 0.272 e. The number of carbonyl (C=O) groups is 1. The minimum absolute atomic E-state index is 0.0447. The highest BCUT2D eigenvalue weighted by Gasteiger charge is 2.33. The quantitative estimate of drug-likeness (QED) is 0.384. The van der Waals surface area contributed by atoms with Gasteiger partial charge in [0.2, 0.25) is 0 Å². The van der Waals surface area contributed by atoms with Gasteiger partial charge in [-0.25, -0.2) is 4.68 Å².